The number of carbonyl (C=O) groups excluding carboxylic acids is 2. The van der Waals surface area contributed by atoms with Gasteiger partial charge >= 0.3 is 0 Å². The number of carbonyl (C=O) groups is 2. The van der Waals surface area contributed by atoms with E-state index < -0.39 is 6.04 Å². The molecular formula is C23H31N3O4. The predicted molar refractivity (Wildman–Crippen MR) is 114 cm³/mol. The Labute approximate surface area is 177 Å². The van der Waals surface area contributed by atoms with Crippen molar-refractivity contribution in [2.45, 2.75) is 38.8 Å². The number of ether oxygens (including phenoxy) is 1. The van der Waals surface area contributed by atoms with Crippen LogP contribution in [-0.4, -0.2) is 49.5 Å². The maximum absolute atomic E-state index is 12.9. The van der Waals surface area contributed by atoms with Crippen LogP contribution in [0.4, 0.5) is 0 Å². The van der Waals surface area contributed by atoms with E-state index >= 15 is 0 Å². The number of hydrogen-bond acceptors (Lipinski definition) is 5. The highest BCUT2D eigenvalue weighted by molar-refractivity contribution is 5.95. The van der Waals surface area contributed by atoms with Crippen molar-refractivity contribution in [2.75, 3.05) is 26.7 Å². The number of amides is 2. The largest absolute Gasteiger partial charge is 0.497 e. The molecule has 2 unspecified atom stereocenters. The second-order valence-corrected chi connectivity index (χ2v) is 7.95. The molecule has 30 heavy (non-hydrogen) atoms. The first-order valence-corrected chi connectivity index (χ1v) is 10.5. The Hall–Kier alpha value is -2.80. The Balaban J connectivity index is 1.67. The summed E-state index contributed by atoms with van der Waals surface area (Å²) in [5.74, 6) is 0.364. The van der Waals surface area contributed by atoms with Crippen molar-refractivity contribution < 1.29 is 18.7 Å². The van der Waals surface area contributed by atoms with Crippen LogP contribution >= 0.6 is 0 Å². The summed E-state index contributed by atoms with van der Waals surface area (Å²) in [6, 6.07) is 10.7. The minimum Gasteiger partial charge on any atom is -0.497 e. The van der Waals surface area contributed by atoms with E-state index in [0.717, 1.165) is 37.2 Å². The molecule has 162 valence electrons. The summed E-state index contributed by atoms with van der Waals surface area (Å²) in [6.07, 6.45) is 3.76. The van der Waals surface area contributed by atoms with Crippen molar-refractivity contribution in [2.24, 2.45) is 5.92 Å². The van der Waals surface area contributed by atoms with Crippen molar-refractivity contribution in [1.82, 2.24) is 15.5 Å². The van der Waals surface area contributed by atoms with Crippen molar-refractivity contribution >= 4 is 11.8 Å². The molecule has 2 amide bonds. The minimum atomic E-state index is -0.641. The summed E-state index contributed by atoms with van der Waals surface area (Å²) in [5, 5.41) is 5.85. The summed E-state index contributed by atoms with van der Waals surface area (Å²) >= 11 is 0. The van der Waals surface area contributed by atoms with Gasteiger partial charge in [0.2, 0.25) is 5.91 Å². The maximum Gasteiger partial charge on any atom is 0.287 e. The van der Waals surface area contributed by atoms with E-state index in [9.17, 15) is 9.59 Å². The topological polar surface area (TPSA) is 83.8 Å². The van der Waals surface area contributed by atoms with E-state index in [4.69, 9.17) is 9.15 Å². The second kappa shape index (κ2) is 10.3. The van der Waals surface area contributed by atoms with E-state index in [0.29, 0.717) is 6.54 Å². The molecule has 0 saturated carbocycles. The fourth-order valence-electron chi connectivity index (χ4n) is 3.80. The minimum absolute atomic E-state index is 0.0601. The Bertz CT molecular complexity index is 811. The van der Waals surface area contributed by atoms with Gasteiger partial charge in [0.1, 0.15) is 11.8 Å². The van der Waals surface area contributed by atoms with Crippen LogP contribution in [-0.2, 0) is 4.79 Å². The van der Waals surface area contributed by atoms with E-state index in [1.165, 1.54) is 6.26 Å². The molecule has 1 aliphatic rings. The number of hydrogen-bond donors (Lipinski definition) is 2. The van der Waals surface area contributed by atoms with Gasteiger partial charge in [-0.05, 0) is 61.7 Å². The number of benzene rings is 1. The first-order chi connectivity index (χ1) is 14.5. The van der Waals surface area contributed by atoms with Gasteiger partial charge in [-0.25, -0.2) is 0 Å². The molecule has 0 radical (unpaired) electrons. The number of furan rings is 1. The van der Waals surface area contributed by atoms with Gasteiger partial charge < -0.3 is 19.8 Å². The zero-order chi connectivity index (χ0) is 21.5. The van der Waals surface area contributed by atoms with Gasteiger partial charge in [-0.1, -0.05) is 26.0 Å². The zero-order valence-electron chi connectivity index (χ0n) is 17.9. The summed E-state index contributed by atoms with van der Waals surface area (Å²) < 4.78 is 10.4. The average Bonchev–Trinajstić information content (AvgIpc) is 3.46. The number of methoxy groups -OCH3 is 1. The first-order valence-electron chi connectivity index (χ1n) is 10.5. The molecule has 7 nitrogen and oxygen atoms in total. The zero-order valence-corrected chi connectivity index (χ0v) is 17.9. The van der Waals surface area contributed by atoms with Crippen LogP contribution in [0.1, 0.15) is 48.8 Å². The molecule has 2 heterocycles. The van der Waals surface area contributed by atoms with Gasteiger partial charge in [-0.15, -0.1) is 0 Å². The molecular weight excluding hydrogens is 382 g/mol. The SMILES string of the molecule is COc1ccc(C(CNC(=O)C(NC(=O)c2ccco2)C(C)C)N2CCCC2)cc1. The summed E-state index contributed by atoms with van der Waals surface area (Å²) in [7, 11) is 1.65. The predicted octanol–water partition coefficient (Wildman–Crippen LogP) is 3.00. The highest BCUT2D eigenvalue weighted by Gasteiger charge is 2.28. The standard InChI is InChI=1S/C23H31N3O4/c1-16(2)21(25-22(27)20-7-6-14-30-20)23(28)24-15-19(26-12-4-5-13-26)17-8-10-18(29-3)11-9-17/h6-11,14,16,19,21H,4-5,12-13,15H2,1-3H3,(H,24,28)(H,25,27). The third-order valence-electron chi connectivity index (χ3n) is 5.53. The monoisotopic (exact) mass is 413 g/mol. The van der Waals surface area contributed by atoms with E-state index in [-0.39, 0.29) is 29.5 Å². The Morgan fingerprint density at radius 1 is 1.13 bits per heavy atom. The smallest absolute Gasteiger partial charge is 0.287 e. The van der Waals surface area contributed by atoms with Crippen LogP contribution < -0.4 is 15.4 Å². The lowest BCUT2D eigenvalue weighted by molar-refractivity contribution is -0.124. The van der Waals surface area contributed by atoms with Gasteiger partial charge in [0, 0.05) is 6.54 Å². The maximum atomic E-state index is 12.9. The van der Waals surface area contributed by atoms with Crippen molar-refractivity contribution in [3.8, 4) is 5.75 Å². The van der Waals surface area contributed by atoms with Gasteiger partial charge in [0.05, 0.1) is 19.4 Å². The molecule has 1 fully saturated rings. The van der Waals surface area contributed by atoms with E-state index in [1.807, 2.05) is 38.1 Å². The quantitative estimate of drug-likeness (QED) is 0.660. The molecule has 2 N–H and O–H groups in total. The molecule has 0 bridgehead atoms. The summed E-state index contributed by atoms with van der Waals surface area (Å²) in [6.45, 7) is 6.32. The molecule has 1 aliphatic heterocycles. The first kappa shape index (κ1) is 21.9. The Morgan fingerprint density at radius 3 is 2.40 bits per heavy atom. The number of rotatable bonds is 9. The van der Waals surface area contributed by atoms with Gasteiger partial charge in [0.25, 0.3) is 5.91 Å². The van der Waals surface area contributed by atoms with Gasteiger partial charge in [-0.3, -0.25) is 14.5 Å². The van der Waals surface area contributed by atoms with Crippen molar-refractivity contribution in [3.05, 3.63) is 54.0 Å². The molecule has 7 heteroatoms. The van der Waals surface area contributed by atoms with Gasteiger partial charge in [0.15, 0.2) is 5.76 Å². The third-order valence-corrected chi connectivity index (χ3v) is 5.53. The number of nitrogens with zero attached hydrogens (tertiary/aromatic N) is 1. The molecule has 0 aliphatic carbocycles. The lowest BCUT2D eigenvalue weighted by atomic mass is 10.0. The fourth-order valence-corrected chi connectivity index (χ4v) is 3.80. The molecule has 2 aromatic rings. The van der Waals surface area contributed by atoms with Crippen LogP contribution in [0.2, 0.25) is 0 Å². The van der Waals surface area contributed by atoms with Crippen LogP contribution in [0.5, 0.6) is 5.75 Å². The molecule has 1 saturated heterocycles. The van der Waals surface area contributed by atoms with Crippen LogP contribution in [0.25, 0.3) is 0 Å². The Morgan fingerprint density at radius 2 is 1.83 bits per heavy atom. The summed E-state index contributed by atoms with van der Waals surface area (Å²) in [4.78, 5) is 27.7. The van der Waals surface area contributed by atoms with E-state index in [2.05, 4.69) is 15.5 Å². The molecule has 3 rings (SSSR count). The highest BCUT2D eigenvalue weighted by Crippen LogP contribution is 2.26. The molecule has 1 aromatic carbocycles. The average molecular weight is 414 g/mol. The molecule has 1 aromatic heterocycles. The lowest BCUT2D eigenvalue weighted by Crippen LogP contribution is -2.51. The van der Waals surface area contributed by atoms with Crippen molar-refractivity contribution in [3.63, 3.8) is 0 Å². The lowest BCUT2D eigenvalue weighted by Gasteiger charge is -2.29. The number of likely N-dealkylation sites (tertiary alicyclic amines) is 1. The van der Waals surface area contributed by atoms with Crippen molar-refractivity contribution in [1.29, 1.82) is 0 Å². The molecule has 2 atom stereocenters. The van der Waals surface area contributed by atoms with Crippen LogP contribution in [0.15, 0.2) is 47.1 Å². The second-order valence-electron chi connectivity index (χ2n) is 7.95. The Kier molecular flexibility index (Phi) is 7.52. The normalized spacial score (nSPS) is 16.3. The molecule has 0 spiro atoms. The highest BCUT2D eigenvalue weighted by atomic mass is 16.5. The fraction of sp³-hybridized carbons (Fsp3) is 0.478. The van der Waals surface area contributed by atoms with Crippen LogP contribution in [0.3, 0.4) is 0 Å². The van der Waals surface area contributed by atoms with Crippen LogP contribution in [0, 0.1) is 5.92 Å². The third kappa shape index (κ3) is 5.42. The van der Waals surface area contributed by atoms with Gasteiger partial charge in [-0.2, -0.15) is 0 Å². The number of nitrogens with one attached hydrogen (secondary N) is 2. The van der Waals surface area contributed by atoms with E-state index in [1.54, 1.807) is 19.2 Å². The summed E-state index contributed by atoms with van der Waals surface area (Å²) in [5.41, 5.74) is 1.14.